The third kappa shape index (κ3) is 3.53. The molecule has 0 amide bonds. The van der Waals surface area contributed by atoms with E-state index in [9.17, 15) is 4.39 Å². The molecule has 74 valence electrons. The van der Waals surface area contributed by atoms with E-state index in [1.165, 1.54) is 12.1 Å². The number of rotatable bonds is 0. The highest BCUT2D eigenvalue weighted by molar-refractivity contribution is 6.83. The van der Waals surface area contributed by atoms with Crippen molar-refractivity contribution >= 4 is 19.7 Å². The molecule has 0 N–H and O–H groups in total. The van der Waals surface area contributed by atoms with Crippen molar-refractivity contribution in [3.8, 4) is 11.5 Å². The number of halogens is 2. The third-order valence-corrected chi connectivity index (χ3v) is 2.69. The molecule has 0 aromatic heterocycles. The summed E-state index contributed by atoms with van der Waals surface area (Å²) in [5.41, 5.74) is 3.88. The Morgan fingerprint density at radius 2 is 1.93 bits per heavy atom. The standard InChI is InChI=1S/C11H12ClFSi/c1-14(2,3)7-6-9-4-5-10(13)8-11(9)12/h4-5,8H,1-3H3. The smallest absolute Gasteiger partial charge is 0.129 e. The summed E-state index contributed by atoms with van der Waals surface area (Å²) in [7, 11) is -1.39. The van der Waals surface area contributed by atoms with Crippen LogP contribution in [0.1, 0.15) is 5.56 Å². The lowest BCUT2D eigenvalue weighted by atomic mass is 10.2. The van der Waals surface area contributed by atoms with Crippen LogP contribution >= 0.6 is 11.6 Å². The lowest BCUT2D eigenvalue weighted by molar-refractivity contribution is 0.628. The molecule has 1 rings (SSSR count). The van der Waals surface area contributed by atoms with E-state index in [1.54, 1.807) is 6.07 Å². The molecule has 0 aliphatic heterocycles. The van der Waals surface area contributed by atoms with Crippen molar-refractivity contribution < 1.29 is 4.39 Å². The zero-order valence-electron chi connectivity index (χ0n) is 8.49. The summed E-state index contributed by atoms with van der Waals surface area (Å²) in [5, 5.41) is 0.385. The van der Waals surface area contributed by atoms with Crippen molar-refractivity contribution in [3.63, 3.8) is 0 Å². The minimum absolute atomic E-state index is 0.325. The fourth-order valence-electron chi connectivity index (χ4n) is 0.846. The summed E-state index contributed by atoms with van der Waals surface area (Å²) in [6.45, 7) is 6.45. The van der Waals surface area contributed by atoms with E-state index >= 15 is 0 Å². The predicted octanol–water partition coefficient (Wildman–Crippen LogP) is 3.71. The Balaban J connectivity index is 3.02. The maximum absolute atomic E-state index is 12.7. The van der Waals surface area contributed by atoms with Crippen molar-refractivity contribution in [2.45, 2.75) is 19.6 Å². The molecule has 0 spiro atoms. The minimum Gasteiger partial charge on any atom is -0.207 e. The normalized spacial score (nSPS) is 10.6. The Labute approximate surface area is 90.1 Å². The number of benzene rings is 1. The maximum Gasteiger partial charge on any atom is 0.129 e. The highest BCUT2D eigenvalue weighted by Gasteiger charge is 2.08. The summed E-state index contributed by atoms with van der Waals surface area (Å²) in [6, 6.07) is 4.28. The molecule has 1 aromatic carbocycles. The van der Waals surface area contributed by atoms with Crippen LogP contribution in [0.25, 0.3) is 0 Å². The highest BCUT2D eigenvalue weighted by atomic mass is 35.5. The molecule has 0 radical (unpaired) electrons. The average molecular weight is 227 g/mol. The summed E-state index contributed by atoms with van der Waals surface area (Å²) in [6.07, 6.45) is 0. The van der Waals surface area contributed by atoms with Gasteiger partial charge in [-0.05, 0) is 18.2 Å². The maximum atomic E-state index is 12.7. The van der Waals surface area contributed by atoms with E-state index in [4.69, 9.17) is 11.6 Å². The molecule has 0 aliphatic carbocycles. The molecule has 1 aromatic rings. The number of hydrogen-bond donors (Lipinski definition) is 0. The molecule has 0 saturated carbocycles. The van der Waals surface area contributed by atoms with E-state index in [0.29, 0.717) is 10.6 Å². The van der Waals surface area contributed by atoms with Crippen molar-refractivity contribution in [1.82, 2.24) is 0 Å². The van der Waals surface area contributed by atoms with Gasteiger partial charge < -0.3 is 0 Å². The van der Waals surface area contributed by atoms with Gasteiger partial charge in [-0.25, -0.2) is 4.39 Å². The topological polar surface area (TPSA) is 0 Å². The lowest BCUT2D eigenvalue weighted by Gasteiger charge is -2.03. The second-order valence-electron chi connectivity index (χ2n) is 4.12. The van der Waals surface area contributed by atoms with Gasteiger partial charge in [0, 0.05) is 5.56 Å². The predicted molar refractivity (Wildman–Crippen MR) is 61.6 cm³/mol. The summed E-state index contributed by atoms with van der Waals surface area (Å²) in [4.78, 5) is 0. The van der Waals surface area contributed by atoms with Crippen LogP contribution in [0.2, 0.25) is 24.7 Å². The first-order chi connectivity index (χ1) is 6.38. The fourth-order valence-corrected chi connectivity index (χ4v) is 1.57. The van der Waals surface area contributed by atoms with Crippen molar-refractivity contribution in [2.75, 3.05) is 0 Å². The van der Waals surface area contributed by atoms with Crippen LogP contribution in [0, 0.1) is 17.3 Å². The van der Waals surface area contributed by atoms with E-state index < -0.39 is 8.07 Å². The average Bonchev–Trinajstić information content (AvgIpc) is 2.00. The van der Waals surface area contributed by atoms with Crippen LogP contribution < -0.4 is 0 Å². The van der Waals surface area contributed by atoms with Gasteiger partial charge in [-0.15, -0.1) is 5.54 Å². The van der Waals surface area contributed by atoms with Gasteiger partial charge >= 0.3 is 0 Å². The molecule has 0 saturated heterocycles. The monoisotopic (exact) mass is 226 g/mol. The van der Waals surface area contributed by atoms with Gasteiger partial charge in [0.1, 0.15) is 13.9 Å². The first kappa shape index (κ1) is 11.3. The van der Waals surface area contributed by atoms with Gasteiger partial charge in [0.2, 0.25) is 0 Å². The van der Waals surface area contributed by atoms with Crippen molar-refractivity contribution in [2.24, 2.45) is 0 Å². The largest absolute Gasteiger partial charge is 0.207 e. The van der Waals surface area contributed by atoms with Crippen LogP contribution in [-0.2, 0) is 0 Å². The second-order valence-corrected chi connectivity index (χ2v) is 9.28. The molecule has 0 heterocycles. The Morgan fingerprint density at radius 1 is 1.29 bits per heavy atom. The minimum atomic E-state index is -1.39. The Morgan fingerprint density at radius 3 is 2.43 bits per heavy atom. The summed E-state index contributed by atoms with van der Waals surface area (Å²) >= 11 is 5.83. The number of hydrogen-bond acceptors (Lipinski definition) is 0. The van der Waals surface area contributed by atoms with Gasteiger partial charge in [-0.3, -0.25) is 0 Å². The molecule has 14 heavy (non-hydrogen) atoms. The Bertz CT molecular complexity index is 396. The first-order valence-electron chi connectivity index (χ1n) is 4.37. The van der Waals surface area contributed by atoms with E-state index in [0.717, 1.165) is 0 Å². The Hall–Kier alpha value is -0.783. The third-order valence-electron chi connectivity index (χ3n) is 1.50. The molecule has 0 fully saturated rings. The zero-order valence-corrected chi connectivity index (χ0v) is 10.2. The quantitative estimate of drug-likeness (QED) is 0.467. The van der Waals surface area contributed by atoms with Crippen LogP contribution in [0.15, 0.2) is 18.2 Å². The van der Waals surface area contributed by atoms with Gasteiger partial charge in [0.05, 0.1) is 5.02 Å². The second kappa shape index (κ2) is 4.16. The summed E-state index contributed by atoms with van der Waals surface area (Å²) < 4.78 is 12.7. The van der Waals surface area contributed by atoms with Gasteiger partial charge in [0.15, 0.2) is 0 Å². The van der Waals surface area contributed by atoms with Gasteiger partial charge in [-0.2, -0.15) is 0 Å². The van der Waals surface area contributed by atoms with Gasteiger partial charge in [-0.1, -0.05) is 37.2 Å². The highest BCUT2D eigenvalue weighted by Crippen LogP contribution is 2.16. The van der Waals surface area contributed by atoms with Crippen LogP contribution in [0.3, 0.4) is 0 Å². The molecule has 0 unspecified atom stereocenters. The fraction of sp³-hybridized carbons (Fsp3) is 0.273. The van der Waals surface area contributed by atoms with Crippen molar-refractivity contribution in [3.05, 3.63) is 34.6 Å². The molecule has 0 bridgehead atoms. The van der Waals surface area contributed by atoms with Crippen molar-refractivity contribution in [1.29, 1.82) is 0 Å². The van der Waals surface area contributed by atoms with E-state index in [1.807, 2.05) is 0 Å². The van der Waals surface area contributed by atoms with E-state index in [-0.39, 0.29) is 5.82 Å². The molecule has 0 aliphatic rings. The SMILES string of the molecule is C[Si](C)(C)C#Cc1ccc(F)cc1Cl. The van der Waals surface area contributed by atoms with Crippen LogP contribution in [-0.4, -0.2) is 8.07 Å². The molecular weight excluding hydrogens is 215 g/mol. The molecule has 3 heteroatoms. The van der Waals surface area contributed by atoms with E-state index in [2.05, 4.69) is 31.1 Å². The molecule has 0 atom stereocenters. The summed E-state index contributed by atoms with van der Waals surface area (Å²) in [5.74, 6) is 2.67. The van der Waals surface area contributed by atoms with Crippen LogP contribution in [0.4, 0.5) is 4.39 Å². The zero-order chi connectivity index (χ0) is 10.8. The first-order valence-corrected chi connectivity index (χ1v) is 8.24. The molecule has 0 nitrogen and oxygen atoms in total. The Kier molecular flexibility index (Phi) is 3.36. The van der Waals surface area contributed by atoms with Crippen LogP contribution in [0.5, 0.6) is 0 Å². The lowest BCUT2D eigenvalue weighted by Crippen LogP contribution is -2.16. The molecular formula is C11H12ClFSi. The van der Waals surface area contributed by atoms with Gasteiger partial charge in [0.25, 0.3) is 0 Å².